The van der Waals surface area contributed by atoms with Gasteiger partial charge in [-0.15, -0.1) is 11.3 Å². The second-order valence-corrected chi connectivity index (χ2v) is 11.7. The summed E-state index contributed by atoms with van der Waals surface area (Å²) >= 11 is 1.31. The Balaban J connectivity index is 1.72. The van der Waals surface area contributed by atoms with Crippen molar-refractivity contribution in [1.29, 1.82) is 0 Å². The molecule has 3 aromatic rings. The quantitative estimate of drug-likeness (QED) is 0.356. The van der Waals surface area contributed by atoms with Gasteiger partial charge in [0, 0.05) is 18.4 Å². The fourth-order valence-corrected chi connectivity index (χ4v) is 6.22. The lowest BCUT2D eigenvalue weighted by Crippen LogP contribution is -2.36. The lowest BCUT2D eigenvalue weighted by atomic mass is 10.1. The van der Waals surface area contributed by atoms with E-state index >= 15 is 0 Å². The monoisotopic (exact) mass is 532 g/mol. The summed E-state index contributed by atoms with van der Waals surface area (Å²) in [5.41, 5.74) is 1.36. The van der Waals surface area contributed by atoms with Gasteiger partial charge in [-0.25, -0.2) is 18.4 Å². The van der Waals surface area contributed by atoms with Crippen LogP contribution in [0.4, 0.5) is 24.9 Å². The first kappa shape index (κ1) is 25.5. The number of aromatic nitrogens is 4. The minimum absolute atomic E-state index is 0.102. The average molecular weight is 533 g/mol. The third kappa shape index (κ3) is 5.97. The van der Waals surface area contributed by atoms with Gasteiger partial charge >= 0.3 is 6.18 Å². The van der Waals surface area contributed by atoms with Crippen molar-refractivity contribution in [3.63, 3.8) is 0 Å². The summed E-state index contributed by atoms with van der Waals surface area (Å²) in [6.07, 6.45) is -2.79. The van der Waals surface area contributed by atoms with E-state index in [0.29, 0.717) is 21.8 Å². The van der Waals surface area contributed by atoms with E-state index < -0.39 is 46.7 Å². The van der Waals surface area contributed by atoms with E-state index in [4.69, 9.17) is 0 Å². The van der Waals surface area contributed by atoms with Gasteiger partial charge in [0.25, 0.3) is 0 Å². The number of aliphatic hydroxyl groups excluding tert-OH is 2. The van der Waals surface area contributed by atoms with E-state index in [1.807, 2.05) is 0 Å². The van der Waals surface area contributed by atoms with Crippen LogP contribution in [0.3, 0.4) is 0 Å². The van der Waals surface area contributed by atoms with Crippen LogP contribution in [-0.4, -0.2) is 81.5 Å². The Morgan fingerprint density at radius 1 is 1.20 bits per heavy atom. The minimum atomic E-state index is -4.49. The van der Waals surface area contributed by atoms with E-state index in [0.717, 1.165) is 11.0 Å². The standard InChI is InChI=1S/C20H23F3N6O4S2/c1-9-14(18-28-12-6-24-4-3-13(12)34-18)17(29-19(26-9)25-8-20(21,22)23)27-11-5-10(7-35(2,32)33)15(30)16(11)31/h3-4,6,10-11,15-16,30-31H,5,7-8H2,1-2H3,(H2,25,26,27,29)/t10-,11?,15-,16+/m1/s1. The molecule has 1 unspecified atom stereocenters. The Bertz CT molecular complexity index is 1300. The van der Waals surface area contributed by atoms with Crippen molar-refractivity contribution < 1.29 is 31.8 Å². The molecule has 0 saturated heterocycles. The number of thiazole rings is 1. The first-order chi connectivity index (χ1) is 16.3. The van der Waals surface area contributed by atoms with Crippen LogP contribution in [-0.2, 0) is 9.84 Å². The number of hydrogen-bond donors (Lipinski definition) is 4. The molecule has 1 fully saturated rings. The summed E-state index contributed by atoms with van der Waals surface area (Å²) in [6, 6.07) is 0.961. The predicted molar refractivity (Wildman–Crippen MR) is 125 cm³/mol. The van der Waals surface area contributed by atoms with Crippen molar-refractivity contribution in [1.82, 2.24) is 19.9 Å². The van der Waals surface area contributed by atoms with Crippen molar-refractivity contribution in [3.05, 3.63) is 24.2 Å². The molecule has 1 aliphatic rings. The van der Waals surface area contributed by atoms with Gasteiger partial charge in [-0.3, -0.25) is 4.98 Å². The van der Waals surface area contributed by atoms with Crippen LogP contribution < -0.4 is 10.6 Å². The van der Waals surface area contributed by atoms with Crippen LogP contribution in [0.5, 0.6) is 0 Å². The molecule has 190 valence electrons. The summed E-state index contributed by atoms with van der Waals surface area (Å²) in [4.78, 5) is 16.9. The van der Waals surface area contributed by atoms with Crippen molar-refractivity contribution in [3.8, 4) is 10.6 Å². The molecular weight excluding hydrogens is 509 g/mol. The van der Waals surface area contributed by atoms with Crippen molar-refractivity contribution >= 4 is 43.2 Å². The molecule has 0 aromatic carbocycles. The molecule has 1 saturated carbocycles. The van der Waals surface area contributed by atoms with Gasteiger partial charge in [0.1, 0.15) is 38.8 Å². The number of alkyl halides is 3. The number of fused-ring (bicyclic) bond motifs is 1. The predicted octanol–water partition coefficient (Wildman–Crippen LogP) is 2.00. The average Bonchev–Trinajstić information content (AvgIpc) is 3.27. The SMILES string of the molecule is Cc1nc(NCC(F)(F)F)nc(NC2C[C@H](CS(C)(=O)=O)[C@@H](O)[C@H]2O)c1-c1nc2cnccc2s1. The number of nitrogens with zero attached hydrogens (tertiary/aromatic N) is 4. The van der Waals surface area contributed by atoms with Crippen LogP contribution in [0.15, 0.2) is 18.5 Å². The van der Waals surface area contributed by atoms with Crippen molar-refractivity contribution in [2.24, 2.45) is 5.92 Å². The zero-order chi connectivity index (χ0) is 25.5. The third-order valence-electron chi connectivity index (χ3n) is 5.58. The number of sulfone groups is 1. The van der Waals surface area contributed by atoms with E-state index in [1.54, 1.807) is 25.4 Å². The van der Waals surface area contributed by atoms with Gasteiger partial charge in [-0.1, -0.05) is 0 Å². The third-order valence-corrected chi connectivity index (χ3v) is 7.67. The van der Waals surface area contributed by atoms with Crippen LogP contribution in [0.2, 0.25) is 0 Å². The fraction of sp³-hybridized carbons (Fsp3) is 0.500. The first-order valence-corrected chi connectivity index (χ1v) is 13.4. The van der Waals surface area contributed by atoms with E-state index in [9.17, 15) is 31.8 Å². The molecule has 1 aliphatic carbocycles. The van der Waals surface area contributed by atoms with Crippen LogP contribution >= 0.6 is 11.3 Å². The zero-order valence-electron chi connectivity index (χ0n) is 18.6. The molecule has 0 aliphatic heterocycles. The highest BCUT2D eigenvalue weighted by Crippen LogP contribution is 2.38. The summed E-state index contributed by atoms with van der Waals surface area (Å²) in [7, 11) is -3.42. The van der Waals surface area contributed by atoms with Crippen LogP contribution in [0, 0.1) is 12.8 Å². The molecule has 3 heterocycles. The maximum atomic E-state index is 12.7. The molecule has 0 amide bonds. The topological polar surface area (TPSA) is 150 Å². The summed E-state index contributed by atoms with van der Waals surface area (Å²) < 4.78 is 62.5. The van der Waals surface area contributed by atoms with Gasteiger partial charge in [0.2, 0.25) is 5.95 Å². The smallest absolute Gasteiger partial charge is 0.390 e. The molecule has 15 heteroatoms. The van der Waals surface area contributed by atoms with Gasteiger partial charge in [0.15, 0.2) is 0 Å². The molecule has 35 heavy (non-hydrogen) atoms. The van der Waals surface area contributed by atoms with E-state index in [1.165, 1.54) is 11.3 Å². The number of rotatable bonds is 7. The molecule has 4 N–H and O–H groups in total. The number of aryl methyl sites for hydroxylation is 1. The summed E-state index contributed by atoms with van der Waals surface area (Å²) in [5.74, 6) is -1.22. The number of halogens is 3. The molecule has 4 rings (SSSR count). The highest BCUT2D eigenvalue weighted by atomic mass is 32.2. The Labute approximate surface area is 202 Å². The lowest BCUT2D eigenvalue weighted by molar-refractivity contribution is -0.115. The number of pyridine rings is 1. The fourth-order valence-electron chi connectivity index (χ4n) is 4.08. The van der Waals surface area contributed by atoms with E-state index in [2.05, 4.69) is 30.6 Å². The molecule has 0 radical (unpaired) electrons. The number of aliphatic hydroxyl groups is 2. The Hall–Kier alpha value is -2.62. The number of nitrogens with one attached hydrogen (secondary N) is 2. The summed E-state index contributed by atoms with van der Waals surface area (Å²) in [6.45, 7) is 0.247. The molecule has 3 aromatic heterocycles. The second kappa shape index (κ2) is 9.44. The Morgan fingerprint density at radius 2 is 1.94 bits per heavy atom. The maximum Gasteiger partial charge on any atom is 0.405 e. The van der Waals surface area contributed by atoms with Gasteiger partial charge in [0.05, 0.1) is 40.1 Å². The molecule has 0 bridgehead atoms. The zero-order valence-corrected chi connectivity index (χ0v) is 20.2. The van der Waals surface area contributed by atoms with Gasteiger partial charge < -0.3 is 20.8 Å². The number of hydrogen-bond acceptors (Lipinski definition) is 11. The molecule has 0 spiro atoms. The molecule has 10 nitrogen and oxygen atoms in total. The largest absolute Gasteiger partial charge is 0.405 e. The highest BCUT2D eigenvalue weighted by molar-refractivity contribution is 7.90. The Kier molecular flexibility index (Phi) is 6.87. The second-order valence-electron chi connectivity index (χ2n) is 8.51. The van der Waals surface area contributed by atoms with Crippen molar-refractivity contribution in [2.45, 2.75) is 37.8 Å². The van der Waals surface area contributed by atoms with Gasteiger partial charge in [-0.2, -0.15) is 18.2 Å². The Morgan fingerprint density at radius 3 is 2.60 bits per heavy atom. The minimum Gasteiger partial charge on any atom is -0.390 e. The molecule has 4 atom stereocenters. The molecular formula is C20H23F3N6O4S2. The highest BCUT2D eigenvalue weighted by Gasteiger charge is 2.43. The van der Waals surface area contributed by atoms with E-state index in [-0.39, 0.29) is 23.9 Å². The first-order valence-electron chi connectivity index (χ1n) is 10.5. The van der Waals surface area contributed by atoms with Crippen LogP contribution in [0.1, 0.15) is 12.1 Å². The summed E-state index contributed by atoms with van der Waals surface area (Å²) in [5, 5.41) is 26.6. The van der Waals surface area contributed by atoms with Crippen LogP contribution in [0.25, 0.3) is 20.8 Å². The lowest BCUT2D eigenvalue weighted by Gasteiger charge is -2.21. The normalized spacial score (nSPS) is 23.1. The van der Waals surface area contributed by atoms with Gasteiger partial charge in [-0.05, 0) is 19.4 Å². The maximum absolute atomic E-state index is 12.7. The number of anilines is 2. The van der Waals surface area contributed by atoms with Crippen molar-refractivity contribution in [2.75, 3.05) is 29.2 Å².